The summed E-state index contributed by atoms with van der Waals surface area (Å²) in [7, 11) is 1.80. The zero-order valence-electron chi connectivity index (χ0n) is 11.2. The van der Waals surface area contributed by atoms with E-state index in [2.05, 4.69) is 16.5 Å². The van der Waals surface area contributed by atoms with Crippen molar-refractivity contribution >= 4 is 11.8 Å². The van der Waals surface area contributed by atoms with Crippen molar-refractivity contribution in [2.75, 3.05) is 5.32 Å². The van der Waals surface area contributed by atoms with Gasteiger partial charge in [-0.05, 0) is 32.6 Å². The van der Waals surface area contributed by atoms with Crippen molar-refractivity contribution in [2.45, 2.75) is 38.6 Å². The summed E-state index contributed by atoms with van der Waals surface area (Å²) in [5.41, 5.74) is 1.29. The zero-order valence-corrected chi connectivity index (χ0v) is 11.2. The second kappa shape index (κ2) is 5.31. The highest BCUT2D eigenvalue weighted by atomic mass is 16.4. The van der Waals surface area contributed by atoms with E-state index >= 15 is 0 Å². The van der Waals surface area contributed by atoms with E-state index in [9.17, 15) is 4.79 Å². The maximum atomic E-state index is 10.9. The summed E-state index contributed by atoms with van der Waals surface area (Å²) in [6.45, 7) is 1.81. The van der Waals surface area contributed by atoms with E-state index in [0.29, 0.717) is 24.1 Å². The Kier molecular flexibility index (Phi) is 3.74. The molecule has 6 nitrogen and oxygen atoms in total. The van der Waals surface area contributed by atoms with Crippen LogP contribution in [0.25, 0.3) is 0 Å². The molecule has 2 rings (SSSR count). The Morgan fingerprint density at radius 1 is 1.47 bits per heavy atom. The molecule has 1 aliphatic carbocycles. The number of rotatable bonds is 3. The van der Waals surface area contributed by atoms with Gasteiger partial charge in [-0.2, -0.15) is 10.4 Å². The maximum absolute atomic E-state index is 10.9. The van der Waals surface area contributed by atoms with Gasteiger partial charge in [0.25, 0.3) is 0 Å². The number of nitrogens with one attached hydrogen (secondary N) is 1. The third-order valence-electron chi connectivity index (χ3n) is 3.75. The highest BCUT2D eigenvalue weighted by molar-refractivity contribution is 5.70. The van der Waals surface area contributed by atoms with E-state index in [1.165, 1.54) is 0 Å². The van der Waals surface area contributed by atoms with Gasteiger partial charge >= 0.3 is 5.97 Å². The lowest BCUT2D eigenvalue weighted by atomic mass is 9.86. The Labute approximate surface area is 112 Å². The van der Waals surface area contributed by atoms with Crippen LogP contribution in [0, 0.1) is 24.2 Å². The normalized spacial score (nSPS) is 22.8. The summed E-state index contributed by atoms with van der Waals surface area (Å²) < 4.78 is 1.68. The standard InChI is InChI=1S/C13H18N4O2/c1-8-11(7-14)12(17(2)16-8)15-10-5-3-9(4-6-10)13(18)19/h9-10,15H,3-6H2,1-2H3,(H,18,19). The number of carboxylic acid groups (broad SMARTS) is 1. The lowest BCUT2D eigenvalue weighted by Crippen LogP contribution is -2.30. The van der Waals surface area contributed by atoms with Gasteiger partial charge in [0.2, 0.25) is 0 Å². The number of hydrogen-bond acceptors (Lipinski definition) is 4. The molecule has 1 fully saturated rings. The number of aliphatic carboxylic acids is 1. The van der Waals surface area contributed by atoms with Crippen molar-refractivity contribution in [1.82, 2.24) is 9.78 Å². The topological polar surface area (TPSA) is 90.9 Å². The van der Waals surface area contributed by atoms with Gasteiger partial charge in [-0.15, -0.1) is 0 Å². The molecule has 0 amide bonds. The lowest BCUT2D eigenvalue weighted by Gasteiger charge is -2.27. The second-order valence-corrected chi connectivity index (χ2v) is 5.08. The average molecular weight is 262 g/mol. The quantitative estimate of drug-likeness (QED) is 0.864. The van der Waals surface area contributed by atoms with Gasteiger partial charge < -0.3 is 10.4 Å². The first-order valence-electron chi connectivity index (χ1n) is 6.46. The van der Waals surface area contributed by atoms with Crippen molar-refractivity contribution in [3.63, 3.8) is 0 Å². The molecule has 0 aliphatic heterocycles. The molecule has 0 radical (unpaired) electrons. The fourth-order valence-corrected chi connectivity index (χ4v) is 2.64. The second-order valence-electron chi connectivity index (χ2n) is 5.08. The van der Waals surface area contributed by atoms with Crippen molar-refractivity contribution in [3.8, 4) is 6.07 Å². The third-order valence-corrected chi connectivity index (χ3v) is 3.75. The summed E-state index contributed by atoms with van der Waals surface area (Å²) >= 11 is 0. The SMILES string of the molecule is Cc1nn(C)c(NC2CCC(C(=O)O)CC2)c1C#N. The summed E-state index contributed by atoms with van der Waals surface area (Å²) in [5, 5.41) is 25.7. The van der Waals surface area contributed by atoms with Crippen LogP contribution in [0.5, 0.6) is 0 Å². The smallest absolute Gasteiger partial charge is 0.306 e. The number of carbonyl (C=O) groups is 1. The molecule has 0 bridgehead atoms. The van der Waals surface area contributed by atoms with Crippen LogP contribution in [0.1, 0.15) is 36.9 Å². The van der Waals surface area contributed by atoms with Crippen molar-refractivity contribution in [2.24, 2.45) is 13.0 Å². The van der Waals surface area contributed by atoms with Crippen LogP contribution < -0.4 is 5.32 Å². The van der Waals surface area contributed by atoms with Crippen LogP contribution in [0.3, 0.4) is 0 Å². The molecule has 6 heteroatoms. The molecule has 1 saturated carbocycles. The van der Waals surface area contributed by atoms with Crippen molar-refractivity contribution in [3.05, 3.63) is 11.3 Å². The first kappa shape index (κ1) is 13.4. The number of anilines is 1. The lowest BCUT2D eigenvalue weighted by molar-refractivity contribution is -0.142. The van der Waals surface area contributed by atoms with Gasteiger partial charge in [0, 0.05) is 13.1 Å². The van der Waals surface area contributed by atoms with Gasteiger partial charge in [0.05, 0.1) is 11.6 Å². The van der Waals surface area contributed by atoms with Crippen LogP contribution in [0.4, 0.5) is 5.82 Å². The minimum Gasteiger partial charge on any atom is -0.481 e. The largest absolute Gasteiger partial charge is 0.481 e. The van der Waals surface area contributed by atoms with E-state index in [0.717, 1.165) is 18.7 Å². The van der Waals surface area contributed by atoms with Gasteiger partial charge in [-0.3, -0.25) is 9.48 Å². The van der Waals surface area contributed by atoms with Crippen LogP contribution in [-0.2, 0) is 11.8 Å². The molecular formula is C13H18N4O2. The van der Waals surface area contributed by atoms with Gasteiger partial charge in [-0.1, -0.05) is 0 Å². The molecule has 2 N–H and O–H groups in total. The zero-order chi connectivity index (χ0) is 14.0. The fraction of sp³-hybridized carbons (Fsp3) is 0.615. The number of aromatic nitrogens is 2. The Balaban J connectivity index is 2.04. The number of nitriles is 1. The van der Waals surface area contributed by atoms with Crippen LogP contribution in [-0.4, -0.2) is 26.9 Å². The minimum absolute atomic E-state index is 0.220. The van der Waals surface area contributed by atoms with Gasteiger partial charge in [0.1, 0.15) is 17.5 Å². The summed E-state index contributed by atoms with van der Waals surface area (Å²) in [6, 6.07) is 2.38. The number of aryl methyl sites for hydroxylation is 2. The Hall–Kier alpha value is -2.03. The predicted octanol–water partition coefficient (Wildman–Crippen LogP) is 1.66. The molecule has 1 heterocycles. The summed E-state index contributed by atoms with van der Waals surface area (Å²) in [5.74, 6) is -0.187. The molecule has 19 heavy (non-hydrogen) atoms. The first-order valence-corrected chi connectivity index (χ1v) is 6.46. The predicted molar refractivity (Wildman–Crippen MR) is 69.7 cm³/mol. The molecule has 0 spiro atoms. The molecule has 0 aromatic carbocycles. The Bertz CT molecular complexity index is 521. The van der Waals surface area contributed by atoms with Crippen LogP contribution >= 0.6 is 0 Å². The van der Waals surface area contributed by atoms with E-state index in [1.54, 1.807) is 11.7 Å². The molecule has 102 valence electrons. The van der Waals surface area contributed by atoms with E-state index < -0.39 is 5.97 Å². The molecule has 0 atom stereocenters. The number of hydrogen-bond donors (Lipinski definition) is 2. The summed E-state index contributed by atoms with van der Waals surface area (Å²) in [4.78, 5) is 10.9. The monoisotopic (exact) mass is 262 g/mol. The van der Waals surface area contributed by atoms with E-state index in [-0.39, 0.29) is 12.0 Å². The minimum atomic E-state index is -0.701. The highest BCUT2D eigenvalue weighted by Gasteiger charge is 2.27. The fourth-order valence-electron chi connectivity index (χ4n) is 2.64. The summed E-state index contributed by atoms with van der Waals surface area (Å²) in [6.07, 6.45) is 3.00. The highest BCUT2D eigenvalue weighted by Crippen LogP contribution is 2.28. The molecule has 1 aromatic rings. The molecule has 0 unspecified atom stereocenters. The number of carboxylic acids is 1. The first-order chi connectivity index (χ1) is 9.02. The third kappa shape index (κ3) is 2.70. The van der Waals surface area contributed by atoms with Crippen LogP contribution in [0.2, 0.25) is 0 Å². The Morgan fingerprint density at radius 3 is 2.63 bits per heavy atom. The van der Waals surface area contributed by atoms with E-state index in [1.807, 2.05) is 6.92 Å². The molecular weight excluding hydrogens is 244 g/mol. The molecule has 0 saturated heterocycles. The van der Waals surface area contributed by atoms with Crippen LogP contribution in [0.15, 0.2) is 0 Å². The van der Waals surface area contributed by atoms with Gasteiger partial charge in [-0.25, -0.2) is 0 Å². The molecule has 1 aromatic heterocycles. The Morgan fingerprint density at radius 2 is 2.11 bits per heavy atom. The number of nitrogens with zero attached hydrogens (tertiary/aromatic N) is 3. The maximum Gasteiger partial charge on any atom is 0.306 e. The van der Waals surface area contributed by atoms with Gasteiger partial charge in [0.15, 0.2) is 0 Å². The van der Waals surface area contributed by atoms with E-state index in [4.69, 9.17) is 10.4 Å². The van der Waals surface area contributed by atoms with Crippen molar-refractivity contribution in [1.29, 1.82) is 5.26 Å². The molecule has 1 aliphatic rings. The average Bonchev–Trinajstić information content (AvgIpc) is 2.64. The van der Waals surface area contributed by atoms with Crippen molar-refractivity contribution < 1.29 is 9.90 Å².